The fourth-order valence-corrected chi connectivity index (χ4v) is 4.14. The minimum atomic E-state index is -0.297. The molecule has 0 fully saturated rings. The van der Waals surface area contributed by atoms with Crippen molar-refractivity contribution in [2.24, 2.45) is 0 Å². The van der Waals surface area contributed by atoms with Crippen molar-refractivity contribution in [1.82, 2.24) is 9.56 Å². The summed E-state index contributed by atoms with van der Waals surface area (Å²) in [5, 5.41) is 4.62. The van der Waals surface area contributed by atoms with E-state index in [1.807, 2.05) is 53.9 Å². The van der Waals surface area contributed by atoms with Crippen molar-refractivity contribution in [2.45, 2.75) is 26.7 Å². The predicted octanol–water partition coefficient (Wildman–Crippen LogP) is 5.20. The van der Waals surface area contributed by atoms with Gasteiger partial charge in [0.05, 0.1) is 35.2 Å². The first kappa shape index (κ1) is 20.9. The van der Waals surface area contributed by atoms with Crippen LogP contribution in [0.15, 0.2) is 53.2 Å². The number of carbonyl (C=O) groups is 2. The van der Waals surface area contributed by atoms with Crippen LogP contribution in [0.5, 0.6) is 0 Å². The third kappa shape index (κ3) is 3.64. The number of rotatable bonds is 6. The van der Waals surface area contributed by atoms with Crippen molar-refractivity contribution in [3.05, 3.63) is 81.8 Å². The molecule has 1 aromatic carbocycles. The number of pyridine rings is 1. The highest BCUT2D eigenvalue weighted by atomic mass is 35.5. The molecular weight excluding hydrogens is 416 g/mol. The molecule has 0 aliphatic rings. The first-order valence-corrected chi connectivity index (χ1v) is 10.2. The first-order chi connectivity index (χ1) is 14.9. The van der Waals surface area contributed by atoms with E-state index >= 15 is 0 Å². The summed E-state index contributed by atoms with van der Waals surface area (Å²) in [5.41, 5.74) is 4.45. The molecule has 0 saturated carbocycles. The van der Waals surface area contributed by atoms with Crippen LogP contribution in [0.4, 0.5) is 0 Å². The van der Waals surface area contributed by atoms with E-state index in [-0.39, 0.29) is 18.2 Å². The van der Waals surface area contributed by atoms with Gasteiger partial charge in [0.15, 0.2) is 0 Å². The maximum atomic E-state index is 13.8. The number of aryl methyl sites for hydroxylation is 2. The Bertz CT molecular complexity index is 1300. The number of ketones is 1. The molecule has 3 aromatic heterocycles. The number of aromatic nitrogens is 2. The maximum Gasteiger partial charge on any atom is 0.305 e. The molecule has 158 valence electrons. The number of nitrogens with zero attached hydrogens (tertiary/aromatic N) is 2. The molecule has 4 rings (SSSR count). The Hall–Kier alpha value is -3.38. The van der Waals surface area contributed by atoms with E-state index in [0.717, 1.165) is 16.8 Å². The minimum absolute atomic E-state index is 0.195. The van der Waals surface area contributed by atoms with Gasteiger partial charge in [-0.15, -0.1) is 0 Å². The molecule has 0 saturated heterocycles. The molecule has 0 aliphatic carbocycles. The van der Waals surface area contributed by atoms with E-state index in [9.17, 15) is 9.59 Å². The fraction of sp³-hybridized carbons (Fsp3) is 0.208. The van der Waals surface area contributed by atoms with Gasteiger partial charge in [-0.25, -0.2) is 0 Å². The molecule has 0 spiro atoms. The molecule has 31 heavy (non-hydrogen) atoms. The molecule has 3 heterocycles. The van der Waals surface area contributed by atoms with Crippen LogP contribution >= 0.6 is 11.6 Å². The van der Waals surface area contributed by atoms with Crippen molar-refractivity contribution in [3.8, 4) is 11.3 Å². The standard InChI is InChI=1S/C24H21ClN2O4/c1-14-18(11-12-20(28)30-3)27-13-7-6-10-19(27)21(14)24(29)22-15(2)31-26-23(22)16-8-4-5-9-17(16)25/h4-10,13H,11-12H2,1-3H3. The summed E-state index contributed by atoms with van der Waals surface area (Å²) in [6.45, 7) is 3.61. The summed E-state index contributed by atoms with van der Waals surface area (Å²) in [7, 11) is 1.37. The van der Waals surface area contributed by atoms with Crippen molar-refractivity contribution in [1.29, 1.82) is 0 Å². The number of carbonyl (C=O) groups excluding carboxylic acids is 2. The molecule has 7 heteroatoms. The Balaban J connectivity index is 1.87. The number of hydrogen-bond acceptors (Lipinski definition) is 5. The zero-order valence-corrected chi connectivity index (χ0v) is 18.2. The zero-order valence-electron chi connectivity index (χ0n) is 17.4. The van der Waals surface area contributed by atoms with Crippen molar-refractivity contribution < 1.29 is 18.8 Å². The highest BCUT2D eigenvalue weighted by Gasteiger charge is 2.28. The van der Waals surface area contributed by atoms with E-state index in [4.69, 9.17) is 20.9 Å². The van der Waals surface area contributed by atoms with Crippen LogP contribution in [-0.4, -0.2) is 28.4 Å². The van der Waals surface area contributed by atoms with Gasteiger partial charge in [-0.05, 0) is 44.0 Å². The molecule has 0 unspecified atom stereocenters. The summed E-state index contributed by atoms with van der Waals surface area (Å²) < 4.78 is 12.1. The number of halogens is 1. The molecule has 6 nitrogen and oxygen atoms in total. The number of fused-ring (bicyclic) bond motifs is 1. The lowest BCUT2D eigenvalue weighted by molar-refractivity contribution is -0.140. The van der Waals surface area contributed by atoms with Gasteiger partial charge >= 0.3 is 5.97 Å². The summed E-state index contributed by atoms with van der Waals surface area (Å²) in [6, 6.07) is 12.9. The minimum Gasteiger partial charge on any atom is -0.469 e. The van der Waals surface area contributed by atoms with Gasteiger partial charge in [0.25, 0.3) is 0 Å². The Labute approximate surface area is 184 Å². The van der Waals surface area contributed by atoms with E-state index < -0.39 is 0 Å². The number of hydrogen-bond donors (Lipinski definition) is 0. The van der Waals surface area contributed by atoms with Crippen LogP contribution in [0.3, 0.4) is 0 Å². The van der Waals surface area contributed by atoms with Crippen molar-refractivity contribution >= 4 is 28.9 Å². The van der Waals surface area contributed by atoms with Gasteiger partial charge in [-0.1, -0.05) is 41.0 Å². The van der Waals surface area contributed by atoms with Gasteiger partial charge in [0.1, 0.15) is 11.5 Å². The van der Waals surface area contributed by atoms with Crippen LogP contribution in [0.2, 0.25) is 5.02 Å². The monoisotopic (exact) mass is 436 g/mol. The van der Waals surface area contributed by atoms with Gasteiger partial charge in [0.2, 0.25) is 5.78 Å². The largest absolute Gasteiger partial charge is 0.469 e. The molecule has 0 amide bonds. The highest BCUT2D eigenvalue weighted by Crippen LogP contribution is 2.35. The normalized spacial score (nSPS) is 11.1. The topological polar surface area (TPSA) is 73.8 Å². The third-order valence-corrected chi connectivity index (χ3v) is 5.78. The second-order valence-electron chi connectivity index (χ2n) is 7.25. The fourth-order valence-electron chi connectivity index (χ4n) is 3.92. The Morgan fingerprint density at radius 3 is 2.58 bits per heavy atom. The average Bonchev–Trinajstić information content (AvgIpc) is 3.29. The van der Waals surface area contributed by atoms with Crippen LogP contribution in [-0.2, 0) is 16.0 Å². The lowest BCUT2D eigenvalue weighted by atomic mass is 9.95. The van der Waals surface area contributed by atoms with Crippen LogP contribution in [0.1, 0.15) is 39.4 Å². The number of esters is 1. The molecule has 0 bridgehead atoms. The van der Waals surface area contributed by atoms with Crippen molar-refractivity contribution in [2.75, 3.05) is 7.11 Å². The third-order valence-electron chi connectivity index (χ3n) is 5.45. The highest BCUT2D eigenvalue weighted by molar-refractivity contribution is 6.33. The molecule has 0 radical (unpaired) electrons. The molecule has 0 aliphatic heterocycles. The van der Waals surface area contributed by atoms with Crippen LogP contribution < -0.4 is 0 Å². The summed E-state index contributed by atoms with van der Waals surface area (Å²) in [4.78, 5) is 25.5. The van der Waals surface area contributed by atoms with E-state index in [2.05, 4.69) is 5.16 Å². The smallest absolute Gasteiger partial charge is 0.305 e. The molecule has 0 N–H and O–H groups in total. The summed E-state index contributed by atoms with van der Waals surface area (Å²) in [5.74, 6) is -0.0704. The molecule has 0 atom stereocenters. The van der Waals surface area contributed by atoms with Gasteiger partial charge in [0, 0.05) is 17.5 Å². The van der Waals surface area contributed by atoms with E-state index in [1.165, 1.54) is 7.11 Å². The lowest BCUT2D eigenvalue weighted by Crippen LogP contribution is -2.06. The van der Waals surface area contributed by atoms with E-state index in [1.54, 1.807) is 13.0 Å². The summed E-state index contributed by atoms with van der Waals surface area (Å²) >= 11 is 6.36. The van der Waals surface area contributed by atoms with Crippen molar-refractivity contribution in [3.63, 3.8) is 0 Å². The number of methoxy groups -OCH3 is 1. The number of benzene rings is 1. The SMILES string of the molecule is COC(=O)CCc1c(C)c(C(=O)c2c(-c3ccccc3Cl)noc2C)c2ccccn12. The zero-order chi connectivity index (χ0) is 22.1. The van der Waals surface area contributed by atoms with Gasteiger partial charge in [-0.2, -0.15) is 0 Å². The molecule has 4 aromatic rings. The Kier molecular flexibility index (Phi) is 5.65. The molecular formula is C24H21ClN2O4. The average molecular weight is 437 g/mol. The second-order valence-corrected chi connectivity index (χ2v) is 7.66. The number of ether oxygens (including phenoxy) is 1. The van der Waals surface area contributed by atoms with Gasteiger partial charge in [-0.3, -0.25) is 9.59 Å². The van der Waals surface area contributed by atoms with Crippen LogP contribution in [0.25, 0.3) is 16.8 Å². The second kappa shape index (κ2) is 8.40. The van der Waals surface area contributed by atoms with Crippen LogP contribution in [0, 0.1) is 13.8 Å². The van der Waals surface area contributed by atoms with E-state index in [0.29, 0.717) is 39.6 Å². The van der Waals surface area contributed by atoms with Gasteiger partial charge < -0.3 is 13.7 Å². The first-order valence-electron chi connectivity index (χ1n) is 9.85. The lowest BCUT2D eigenvalue weighted by Gasteiger charge is -2.05. The quantitative estimate of drug-likeness (QED) is 0.307. The Morgan fingerprint density at radius 1 is 1.10 bits per heavy atom. The predicted molar refractivity (Wildman–Crippen MR) is 118 cm³/mol. The summed E-state index contributed by atoms with van der Waals surface area (Å²) in [6.07, 6.45) is 2.57. The maximum absolute atomic E-state index is 13.8. The Morgan fingerprint density at radius 2 is 1.84 bits per heavy atom.